The molecule has 0 amide bonds. The Bertz CT molecular complexity index is 461. The lowest BCUT2D eigenvalue weighted by atomic mass is 10.2. The normalized spacial score (nSPS) is 10.2. The Morgan fingerprint density at radius 1 is 1.62 bits per heavy atom. The molecule has 1 aromatic rings. The molecule has 0 aliphatic heterocycles. The summed E-state index contributed by atoms with van der Waals surface area (Å²) in [6.07, 6.45) is 1.12. The van der Waals surface area contributed by atoms with Crippen LogP contribution in [-0.4, -0.2) is 16.3 Å². The van der Waals surface area contributed by atoms with Crippen LogP contribution in [0.2, 0.25) is 0 Å². The van der Waals surface area contributed by atoms with Crippen LogP contribution in [0, 0.1) is 10.1 Å². The van der Waals surface area contributed by atoms with Crippen molar-refractivity contribution < 1.29 is 10.0 Å². The summed E-state index contributed by atoms with van der Waals surface area (Å²) in [6.45, 7) is 0. The number of nitro groups is 1. The Balaban J connectivity index is 2.94. The first-order valence-corrected chi connectivity index (χ1v) is 4.45. The van der Waals surface area contributed by atoms with Crippen LogP contribution >= 0.6 is 12.2 Å². The van der Waals surface area contributed by atoms with Gasteiger partial charge in [0.2, 0.25) is 0 Å². The monoisotopic (exact) mass is 239 g/mol. The molecular formula is C8H7N4O3S-. The molecule has 0 bridgehead atoms. The van der Waals surface area contributed by atoms with Gasteiger partial charge in [0.25, 0.3) is 5.69 Å². The van der Waals surface area contributed by atoms with E-state index in [2.05, 4.69) is 22.7 Å². The Labute approximate surface area is 95.7 Å². The fourth-order valence-corrected chi connectivity index (χ4v) is 0.968. The van der Waals surface area contributed by atoms with Crippen LogP contribution in [0.1, 0.15) is 5.56 Å². The highest BCUT2D eigenvalue weighted by Gasteiger charge is 2.05. The van der Waals surface area contributed by atoms with Crippen molar-refractivity contribution >= 4 is 29.2 Å². The predicted molar refractivity (Wildman–Crippen MR) is 60.1 cm³/mol. The third kappa shape index (κ3) is 3.17. The van der Waals surface area contributed by atoms with E-state index in [9.17, 15) is 15.2 Å². The van der Waals surface area contributed by atoms with Crippen molar-refractivity contribution in [2.24, 2.45) is 10.8 Å². The van der Waals surface area contributed by atoms with Crippen LogP contribution in [0.15, 0.2) is 23.3 Å². The van der Waals surface area contributed by atoms with Gasteiger partial charge < -0.3 is 10.8 Å². The minimum absolute atomic E-state index is 0.0610. The summed E-state index contributed by atoms with van der Waals surface area (Å²) in [5.74, 6) is -0.376. The highest BCUT2D eigenvalue weighted by molar-refractivity contribution is 7.80. The summed E-state index contributed by atoms with van der Waals surface area (Å²) < 4.78 is 0. The largest absolute Gasteiger partial charge is 0.872 e. The maximum atomic E-state index is 11.3. The van der Waals surface area contributed by atoms with Gasteiger partial charge in [0, 0.05) is 12.1 Å². The van der Waals surface area contributed by atoms with Gasteiger partial charge in [-0.05, 0) is 17.8 Å². The first-order chi connectivity index (χ1) is 7.50. The Kier molecular flexibility index (Phi) is 3.72. The molecule has 84 valence electrons. The van der Waals surface area contributed by atoms with Gasteiger partial charge in [-0.2, -0.15) is 5.10 Å². The molecule has 0 spiro atoms. The number of non-ortho nitro benzene ring substituents is 1. The van der Waals surface area contributed by atoms with Gasteiger partial charge in [-0.3, -0.25) is 15.5 Å². The summed E-state index contributed by atoms with van der Waals surface area (Å²) in [4.78, 5) is 9.85. The number of nitrogens with two attached hydrogens (primary N) is 1. The smallest absolute Gasteiger partial charge is 0.270 e. The number of nitrogens with one attached hydrogen (secondary N) is 1. The maximum Gasteiger partial charge on any atom is 0.270 e. The van der Waals surface area contributed by atoms with E-state index in [1.54, 1.807) is 0 Å². The van der Waals surface area contributed by atoms with Crippen molar-refractivity contribution in [3.8, 4) is 5.75 Å². The van der Waals surface area contributed by atoms with E-state index in [1.807, 2.05) is 0 Å². The summed E-state index contributed by atoms with van der Waals surface area (Å²) in [5, 5.41) is 25.2. The molecule has 3 N–H and O–H groups in total. The van der Waals surface area contributed by atoms with E-state index < -0.39 is 4.92 Å². The fourth-order valence-electron chi connectivity index (χ4n) is 0.916. The number of nitro benzene ring substituents is 1. The van der Waals surface area contributed by atoms with E-state index in [0.717, 1.165) is 24.4 Å². The van der Waals surface area contributed by atoms with Gasteiger partial charge >= 0.3 is 0 Å². The zero-order chi connectivity index (χ0) is 12.1. The van der Waals surface area contributed by atoms with Crippen molar-refractivity contribution in [3.05, 3.63) is 33.9 Å². The lowest BCUT2D eigenvalue weighted by Crippen LogP contribution is -2.24. The first kappa shape index (κ1) is 11.9. The van der Waals surface area contributed by atoms with Crippen molar-refractivity contribution in [2.75, 3.05) is 0 Å². The number of rotatable bonds is 3. The molecule has 0 aliphatic carbocycles. The molecule has 7 nitrogen and oxygen atoms in total. The standard InChI is InChI=1S/C8H8N4O3S/c9-8(16)11-10-4-5-3-6(12(14)15)1-2-7(5)13/h1-4,13H,(H3,9,11,16)/p-1/b10-4-. The van der Waals surface area contributed by atoms with Gasteiger partial charge in [-0.15, -0.1) is 0 Å². The number of benzene rings is 1. The molecular weight excluding hydrogens is 232 g/mol. The Hall–Kier alpha value is -2.22. The molecule has 0 aromatic heterocycles. The molecule has 0 radical (unpaired) electrons. The van der Waals surface area contributed by atoms with E-state index in [0.29, 0.717) is 0 Å². The van der Waals surface area contributed by atoms with Gasteiger partial charge in [0.05, 0.1) is 11.1 Å². The van der Waals surface area contributed by atoms with E-state index in [4.69, 9.17) is 5.73 Å². The van der Waals surface area contributed by atoms with Crippen LogP contribution in [-0.2, 0) is 0 Å². The molecule has 0 fully saturated rings. The van der Waals surface area contributed by atoms with Crippen molar-refractivity contribution in [3.63, 3.8) is 0 Å². The number of nitrogens with zero attached hydrogens (tertiary/aromatic N) is 2. The van der Waals surface area contributed by atoms with Crippen LogP contribution in [0.3, 0.4) is 0 Å². The quantitative estimate of drug-likeness (QED) is 0.327. The number of hydrogen-bond acceptors (Lipinski definition) is 5. The second-order valence-electron chi connectivity index (χ2n) is 2.71. The third-order valence-corrected chi connectivity index (χ3v) is 1.67. The molecule has 0 aliphatic rings. The zero-order valence-corrected chi connectivity index (χ0v) is 8.73. The van der Waals surface area contributed by atoms with Gasteiger partial charge in [-0.25, -0.2) is 0 Å². The molecule has 0 heterocycles. The highest BCUT2D eigenvalue weighted by atomic mass is 32.1. The van der Waals surface area contributed by atoms with E-state index in [-0.39, 0.29) is 22.1 Å². The molecule has 1 rings (SSSR count). The van der Waals surface area contributed by atoms with E-state index in [1.165, 1.54) is 0 Å². The first-order valence-electron chi connectivity index (χ1n) is 4.04. The minimum Gasteiger partial charge on any atom is -0.872 e. The Morgan fingerprint density at radius 3 is 2.88 bits per heavy atom. The van der Waals surface area contributed by atoms with Crippen LogP contribution in [0.25, 0.3) is 0 Å². The van der Waals surface area contributed by atoms with Crippen LogP contribution in [0.4, 0.5) is 5.69 Å². The van der Waals surface area contributed by atoms with Crippen molar-refractivity contribution in [1.29, 1.82) is 0 Å². The van der Waals surface area contributed by atoms with Crippen molar-refractivity contribution in [1.82, 2.24) is 5.43 Å². The summed E-state index contributed by atoms with van der Waals surface area (Å²) >= 11 is 4.48. The van der Waals surface area contributed by atoms with Gasteiger partial charge in [0.15, 0.2) is 5.11 Å². The molecule has 0 saturated heterocycles. The molecule has 0 atom stereocenters. The Morgan fingerprint density at radius 2 is 2.31 bits per heavy atom. The zero-order valence-electron chi connectivity index (χ0n) is 7.91. The second kappa shape index (κ2) is 5.03. The number of hydrazone groups is 1. The molecule has 1 aromatic carbocycles. The lowest BCUT2D eigenvalue weighted by Gasteiger charge is -2.08. The maximum absolute atomic E-state index is 11.3. The van der Waals surface area contributed by atoms with Crippen LogP contribution < -0.4 is 16.3 Å². The molecule has 0 saturated carbocycles. The topological polar surface area (TPSA) is 117 Å². The SMILES string of the molecule is NC(=S)N/N=C\c1cc([N+](=O)[O-])ccc1[O-]. The lowest BCUT2D eigenvalue weighted by molar-refractivity contribution is -0.385. The van der Waals surface area contributed by atoms with Gasteiger partial charge in [-0.1, -0.05) is 11.8 Å². The number of thiocarbonyl (C=S) groups is 1. The van der Waals surface area contributed by atoms with Gasteiger partial charge in [0.1, 0.15) is 0 Å². The predicted octanol–water partition coefficient (Wildman–Crippen LogP) is -0.165. The van der Waals surface area contributed by atoms with Crippen molar-refractivity contribution in [2.45, 2.75) is 0 Å². The fraction of sp³-hybridized carbons (Fsp3) is 0. The average molecular weight is 239 g/mol. The molecule has 8 heteroatoms. The summed E-state index contributed by atoms with van der Waals surface area (Å²) in [5.41, 5.74) is 7.23. The third-order valence-electron chi connectivity index (χ3n) is 1.58. The second-order valence-corrected chi connectivity index (χ2v) is 3.15. The molecule has 16 heavy (non-hydrogen) atoms. The van der Waals surface area contributed by atoms with Crippen LogP contribution in [0.5, 0.6) is 5.75 Å². The highest BCUT2D eigenvalue weighted by Crippen LogP contribution is 2.18. The summed E-state index contributed by atoms with van der Waals surface area (Å²) in [7, 11) is 0. The average Bonchev–Trinajstić information content (AvgIpc) is 2.20. The molecule has 0 unspecified atom stereocenters. The number of hydrogen-bond donors (Lipinski definition) is 2. The summed E-state index contributed by atoms with van der Waals surface area (Å²) in [6, 6.07) is 3.34. The van der Waals surface area contributed by atoms with E-state index >= 15 is 0 Å². The minimum atomic E-state index is -0.599.